The number of halogens is 4. The smallest absolute Gasteiger partial charge is 0.404 e. The Morgan fingerprint density at radius 1 is 1.41 bits per heavy atom. The van der Waals surface area contributed by atoms with E-state index in [1.54, 1.807) is 0 Å². The fourth-order valence-electron chi connectivity index (χ4n) is 1.67. The Kier molecular flexibility index (Phi) is 5.09. The number of benzene rings is 1. The lowest BCUT2D eigenvalue weighted by Crippen LogP contribution is -2.48. The maximum Gasteiger partial charge on any atom is 0.573 e. The van der Waals surface area contributed by atoms with Gasteiger partial charge in [-0.2, -0.15) is 0 Å². The highest BCUT2D eigenvalue weighted by Crippen LogP contribution is 2.34. The van der Waals surface area contributed by atoms with Crippen molar-refractivity contribution in [2.24, 2.45) is 0 Å². The fourth-order valence-corrected chi connectivity index (χ4v) is 1.88. The normalized spacial score (nSPS) is 11.5. The number of carbonyl (C=O) groups excluding carboxylic acids is 2. The topological polar surface area (TPSA) is 46.6 Å². The van der Waals surface area contributed by atoms with Crippen molar-refractivity contribution in [2.75, 3.05) is 4.90 Å². The maximum atomic E-state index is 12.2. The van der Waals surface area contributed by atoms with Crippen LogP contribution in [0.5, 0.6) is 5.75 Å². The second-order valence-corrected chi connectivity index (χ2v) is 5.13. The maximum absolute atomic E-state index is 12.2. The fraction of sp³-hybridized carbons (Fsp3) is 0.286. The molecule has 0 spiro atoms. The molecule has 0 aromatic heterocycles. The third-order valence-electron chi connectivity index (χ3n) is 2.59. The number of nitrogens with zero attached hydrogens (tertiary/aromatic N) is 1. The van der Waals surface area contributed by atoms with Gasteiger partial charge in [0.15, 0.2) is 0 Å². The molecule has 8 heteroatoms. The van der Waals surface area contributed by atoms with Gasteiger partial charge in [0.05, 0.1) is 10.6 Å². The molecule has 0 heterocycles. The zero-order valence-electron chi connectivity index (χ0n) is 11.6. The van der Waals surface area contributed by atoms with Crippen LogP contribution >= 0.6 is 11.6 Å². The lowest BCUT2D eigenvalue weighted by Gasteiger charge is -2.33. The minimum atomic E-state index is -4.90. The molecule has 0 aliphatic rings. The summed E-state index contributed by atoms with van der Waals surface area (Å²) in [6, 6.07) is 3.14. The minimum absolute atomic E-state index is 0.0691. The third-order valence-corrected chi connectivity index (χ3v) is 2.89. The van der Waals surface area contributed by atoms with Gasteiger partial charge in [-0.05, 0) is 38.0 Å². The summed E-state index contributed by atoms with van der Waals surface area (Å²) in [6.45, 7) is 2.84. The molecule has 0 saturated heterocycles. The lowest BCUT2D eigenvalue weighted by molar-refractivity contribution is -0.274. The van der Waals surface area contributed by atoms with Crippen LogP contribution in [0.25, 0.3) is 0 Å². The molecule has 0 fully saturated rings. The van der Waals surface area contributed by atoms with Crippen LogP contribution in [-0.4, -0.2) is 24.1 Å². The van der Waals surface area contributed by atoms with Gasteiger partial charge in [-0.3, -0.25) is 9.69 Å². The van der Waals surface area contributed by atoms with Crippen molar-refractivity contribution in [2.45, 2.75) is 25.7 Å². The quantitative estimate of drug-likeness (QED) is 0.628. The van der Waals surface area contributed by atoms with Crippen LogP contribution in [0.1, 0.15) is 13.8 Å². The molecule has 0 N–H and O–H groups in total. The third kappa shape index (κ3) is 4.15. The standard InChI is InChI=1S/C14H11ClF3NO3/c1-4-12(21)19(13(2,3)8-20)9-5-6-11(10(15)7-9)22-14(16,17)18/h1,5-8H,2-3H3. The second kappa shape index (κ2) is 6.28. The Morgan fingerprint density at radius 2 is 2.00 bits per heavy atom. The average Bonchev–Trinajstić information content (AvgIpc) is 2.40. The van der Waals surface area contributed by atoms with E-state index < -0.39 is 23.6 Å². The molecule has 0 bridgehead atoms. The Hall–Kier alpha value is -2.20. The van der Waals surface area contributed by atoms with Gasteiger partial charge in [-0.1, -0.05) is 11.6 Å². The summed E-state index contributed by atoms with van der Waals surface area (Å²) in [6.07, 6.45) is 0.630. The molecule has 1 rings (SSSR count). The van der Waals surface area contributed by atoms with Gasteiger partial charge < -0.3 is 9.53 Å². The molecule has 1 aromatic rings. The number of rotatable bonds is 4. The van der Waals surface area contributed by atoms with Crippen LogP contribution < -0.4 is 9.64 Å². The predicted molar refractivity (Wildman–Crippen MR) is 74.6 cm³/mol. The number of hydrogen-bond acceptors (Lipinski definition) is 3. The number of anilines is 1. The Morgan fingerprint density at radius 3 is 2.41 bits per heavy atom. The van der Waals surface area contributed by atoms with E-state index >= 15 is 0 Å². The van der Waals surface area contributed by atoms with Crippen molar-refractivity contribution in [1.82, 2.24) is 0 Å². The molecule has 0 unspecified atom stereocenters. The molecule has 1 aromatic carbocycles. The van der Waals surface area contributed by atoms with E-state index in [0.29, 0.717) is 6.29 Å². The largest absolute Gasteiger partial charge is 0.573 e. The molecule has 1 amide bonds. The molecule has 22 heavy (non-hydrogen) atoms. The van der Waals surface area contributed by atoms with E-state index in [1.165, 1.54) is 13.8 Å². The van der Waals surface area contributed by atoms with E-state index in [0.717, 1.165) is 23.1 Å². The van der Waals surface area contributed by atoms with Gasteiger partial charge in [0.2, 0.25) is 0 Å². The highest BCUT2D eigenvalue weighted by molar-refractivity contribution is 6.32. The first-order valence-electron chi connectivity index (χ1n) is 5.84. The van der Waals surface area contributed by atoms with Crippen LogP contribution in [0.4, 0.5) is 18.9 Å². The number of terminal acetylenes is 1. The van der Waals surface area contributed by atoms with Crippen molar-refractivity contribution in [1.29, 1.82) is 0 Å². The van der Waals surface area contributed by atoms with E-state index in [1.807, 2.05) is 5.92 Å². The molecule has 0 atom stereocenters. The number of aldehydes is 1. The summed E-state index contributed by atoms with van der Waals surface area (Å²) < 4.78 is 40.3. The molecular weight excluding hydrogens is 323 g/mol. The minimum Gasteiger partial charge on any atom is -0.404 e. The van der Waals surface area contributed by atoms with E-state index in [4.69, 9.17) is 18.0 Å². The Bertz CT molecular complexity index is 635. The molecule has 4 nitrogen and oxygen atoms in total. The van der Waals surface area contributed by atoms with Crippen molar-refractivity contribution < 1.29 is 27.5 Å². The van der Waals surface area contributed by atoms with Crippen molar-refractivity contribution in [3.05, 3.63) is 23.2 Å². The monoisotopic (exact) mass is 333 g/mol. The van der Waals surface area contributed by atoms with Gasteiger partial charge >= 0.3 is 12.3 Å². The highest BCUT2D eigenvalue weighted by atomic mass is 35.5. The summed E-state index contributed by atoms with van der Waals surface area (Å²) in [5.74, 6) is 0.385. The first-order chi connectivity index (χ1) is 10.0. The summed E-state index contributed by atoms with van der Waals surface area (Å²) in [5, 5.41) is -0.383. The zero-order chi connectivity index (χ0) is 17.1. The Balaban J connectivity index is 3.30. The predicted octanol–water partition coefficient (Wildman–Crippen LogP) is 3.18. The van der Waals surface area contributed by atoms with E-state index in [2.05, 4.69) is 4.74 Å². The first kappa shape index (κ1) is 17.9. The summed E-state index contributed by atoms with van der Waals surface area (Å²) >= 11 is 5.72. The summed E-state index contributed by atoms with van der Waals surface area (Å²) in [5.41, 5.74) is -1.24. The molecule has 0 saturated carbocycles. The van der Waals surface area contributed by atoms with Crippen LogP contribution in [0.3, 0.4) is 0 Å². The number of hydrogen-bond donors (Lipinski definition) is 0. The summed E-state index contributed by atoms with van der Waals surface area (Å²) in [7, 11) is 0. The van der Waals surface area contributed by atoms with Gasteiger partial charge in [0, 0.05) is 5.69 Å². The van der Waals surface area contributed by atoms with Crippen molar-refractivity contribution >= 4 is 29.5 Å². The number of carbonyl (C=O) groups is 2. The van der Waals surface area contributed by atoms with Gasteiger partial charge in [0.25, 0.3) is 0 Å². The SMILES string of the molecule is C#CC(=O)N(c1ccc(OC(F)(F)F)c(Cl)c1)C(C)(C)C=O. The zero-order valence-corrected chi connectivity index (χ0v) is 12.3. The van der Waals surface area contributed by atoms with Crippen molar-refractivity contribution in [3.8, 4) is 18.1 Å². The van der Waals surface area contributed by atoms with Gasteiger partial charge in [-0.15, -0.1) is 19.6 Å². The second-order valence-electron chi connectivity index (χ2n) is 4.72. The van der Waals surface area contributed by atoms with Gasteiger partial charge in [-0.25, -0.2) is 0 Å². The first-order valence-corrected chi connectivity index (χ1v) is 6.22. The number of ether oxygens (including phenoxy) is 1. The van der Waals surface area contributed by atoms with E-state index in [-0.39, 0.29) is 10.7 Å². The van der Waals surface area contributed by atoms with Crippen LogP contribution in [0.15, 0.2) is 18.2 Å². The molecule has 0 aliphatic heterocycles. The van der Waals surface area contributed by atoms with Crippen LogP contribution in [0, 0.1) is 12.3 Å². The molecule has 118 valence electrons. The van der Waals surface area contributed by atoms with Crippen molar-refractivity contribution in [3.63, 3.8) is 0 Å². The Labute approximate surface area is 129 Å². The number of amides is 1. The number of alkyl halides is 3. The summed E-state index contributed by atoms with van der Waals surface area (Å²) in [4.78, 5) is 23.9. The lowest BCUT2D eigenvalue weighted by atomic mass is 10.0. The van der Waals surface area contributed by atoms with Crippen LogP contribution in [-0.2, 0) is 9.59 Å². The van der Waals surface area contributed by atoms with Gasteiger partial charge in [0.1, 0.15) is 12.0 Å². The molecular formula is C14H11ClF3NO3. The molecule has 0 radical (unpaired) electrons. The highest BCUT2D eigenvalue weighted by Gasteiger charge is 2.34. The van der Waals surface area contributed by atoms with E-state index in [9.17, 15) is 22.8 Å². The molecule has 0 aliphatic carbocycles. The average molecular weight is 334 g/mol. The van der Waals surface area contributed by atoms with Crippen LogP contribution in [0.2, 0.25) is 5.02 Å².